The molecule has 0 aliphatic carbocycles. The van der Waals surface area contributed by atoms with Crippen molar-refractivity contribution in [3.8, 4) is 0 Å². The minimum atomic E-state index is -0.582. The highest BCUT2D eigenvalue weighted by atomic mass is 16.5. The Kier molecular flexibility index (Phi) is 8.76. The van der Waals surface area contributed by atoms with Crippen LogP contribution in [0, 0.1) is 0 Å². The van der Waals surface area contributed by atoms with Gasteiger partial charge in [0.25, 0.3) is 5.91 Å². The lowest BCUT2D eigenvalue weighted by atomic mass is 9.99. The Morgan fingerprint density at radius 1 is 1.06 bits per heavy atom. The summed E-state index contributed by atoms with van der Waals surface area (Å²) in [5.41, 5.74) is 9.99. The van der Waals surface area contributed by atoms with Gasteiger partial charge in [0.2, 0.25) is 5.91 Å². The zero-order valence-electron chi connectivity index (χ0n) is 19.0. The number of benzene rings is 3. The van der Waals surface area contributed by atoms with Crippen molar-refractivity contribution in [3.05, 3.63) is 95.3 Å². The number of oxime groups is 1. The average molecular weight is 477 g/mol. The molecule has 0 fully saturated rings. The summed E-state index contributed by atoms with van der Waals surface area (Å²) in [6.45, 7) is 0.0290. The van der Waals surface area contributed by atoms with Crippen molar-refractivity contribution in [2.45, 2.75) is 18.9 Å². The first-order valence-corrected chi connectivity index (χ1v) is 10.8. The molecular formula is C25H28N6O4. The Hall–Kier alpha value is -4.41. The molecule has 10 nitrogen and oxygen atoms in total. The van der Waals surface area contributed by atoms with E-state index in [4.69, 9.17) is 22.0 Å². The second-order valence-electron chi connectivity index (χ2n) is 7.98. The van der Waals surface area contributed by atoms with Gasteiger partial charge in [0, 0.05) is 17.5 Å². The highest BCUT2D eigenvalue weighted by Gasteiger charge is 2.19. The summed E-state index contributed by atoms with van der Waals surface area (Å²) in [6, 6.07) is 19.9. The minimum absolute atomic E-state index is 0.0290. The topological polar surface area (TPSA) is 166 Å². The van der Waals surface area contributed by atoms with E-state index < -0.39 is 11.9 Å². The minimum Gasteiger partial charge on any atom is -0.411 e. The van der Waals surface area contributed by atoms with E-state index in [1.54, 1.807) is 29.7 Å². The number of amides is 2. The van der Waals surface area contributed by atoms with Gasteiger partial charge in [-0.05, 0) is 40.5 Å². The van der Waals surface area contributed by atoms with E-state index in [2.05, 4.69) is 10.5 Å². The van der Waals surface area contributed by atoms with Gasteiger partial charge in [0.1, 0.15) is 0 Å². The molecule has 3 aromatic carbocycles. The van der Waals surface area contributed by atoms with Crippen LogP contribution >= 0.6 is 0 Å². The first-order chi connectivity index (χ1) is 16.9. The number of fused-ring (bicyclic) bond motifs is 1. The Morgan fingerprint density at radius 3 is 2.46 bits per heavy atom. The predicted molar refractivity (Wildman–Crippen MR) is 132 cm³/mol. The lowest BCUT2D eigenvalue weighted by Gasteiger charge is -2.26. The predicted octanol–water partition coefficient (Wildman–Crippen LogP) is 1.86. The molecule has 10 heteroatoms. The average Bonchev–Trinajstić information content (AvgIpc) is 2.87. The highest BCUT2D eigenvalue weighted by Crippen LogP contribution is 2.18. The van der Waals surface area contributed by atoms with Crippen molar-refractivity contribution in [1.82, 2.24) is 15.8 Å². The Bertz CT molecular complexity index is 1230. The van der Waals surface area contributed by atoms with Crippen LogP contribution in [0.4, 0.5) is 0 Å². The summed E-state index contributed by atoms with van der Waals surface area (Å²) < 4.78 is 0. The van der Waals surface area contributed by atoms with Crippen LogP contribution in [-0.4, -0.2) is 46.0 Å². The molecule has 0 aromatic heterocycles. The van der Waals surface area contributed by atoms with Gasteiger partial charge in [0.05, 0.1) is 25.2 Å². The lowest BCUT2D eigenvalue weighted by Crippen LogP contribution is -2.42. The molecule has 0 aliphatic rings. The molecule has 0 spiro atoms. The summed E-state index contributed by atoms with van der Waals surface area (Å²) in [5, 5.41) is 26.7. The number of hydrogen-bond donors (Lipinski definition) is 6. The second kappa shape index (κ2) is 12.2. The molecule has 0 heterocycles. The molecule has 1 unspecified atom stereocenters. The number of carbonyl (C=O) groups is 2. The SMILES string of the molecule is N/C(=C\N(N)C(CC(=O)NO)Cc1ccc2ccccc2c1)CNC(=O)c1ccc(/C=N/O)cc1. The van der Waals surface area contributed by atoms with E-state index in [0.29, 0.717) is 17.5 Å². The maximum Gasteiger partial charge on any atom is 0.251 e. The molecule has 0 bridgehead atoms. The summed E-state index contributed by atoms with van der Waals surface area (Å²) >= 11 is 0. The van der Waals surface area contributed by atoms with Crippen molar-refractivity contribution < 1.29 is 20.0 Å². The quantitative estimate of drug-likeness (QED) is 0.0854. The van der Waals surface area contributed by atoms with E-state index in [9.17, 15) is 9.59 Å². The molecule has 8 N–H and O–H groups in total. The fraction of sp³-hybridized carbons (Fsp3) is 0.160. The molecule has 2 amide bonds. The fourth-order valence-corrected chi connectivity index (χ4v) is 3.59. The van der Waals surface area contributed by atoms with Gasteiger partial charge >= 0.3 is 0 Å². The molecule has 35 heavy (non-hydrogen) atoms. The number of rotatable bonds is 10. The zero-order chi connectivity index (χ0) is 25.2. The van der Waals surface area contributed by atoms with Crippen molar-refractivity contribution in [2.24, 2.45) is 16.7 Å². The number of carbonyl (C=O) groups excluding carboxylic acids is 2. The first-order valence-electron chi connectivity index (χ1n) is 10.8. The number of hydrazine groups is 1. The largest absolute Gasteiger partial charge is 0.411 e. The van der Waals surface area contributed by atoms with E-state index in [0.717, 1.165) is 16.3 Å². The van der Waals surface area contributed by atoms with Crippen LogP contribution in [0.5, 0.6) is 0 Å². The van der Waals surface area contributed by atoms with Gasteiger partial charge in [-0.3, -0.25) is 14.8 Å². The summed E-state index contributed by atoms with van der Waals surface area (Å²) in [5.74, 6) is 5.29. The smallest absolute Gasteiger partial charge is 0.251 e. The second-order valence-corrected chi connectivity index (χ2v) is 7.98. The van der Waals surface area contributed by atoms with Gasteiger partial charge in [0.15, 0.2) is 0 Å². The number of hydroxylamine groups is 1. The van der Waals surface area contributed by atoms with Crippen LogP contribution in [0.3, 0.4) is 0 Å². The molecular weight excluding hydrogens is 448 g/mol. The third kappa shape index (κ3) is 7.29. The van der Waals surface area contributed by atoms with Gasteiger partial charge in [-0.1, -0.05) is 59.8 Å². The fourth-order valence-electron chi connectivity index (χ4n) is 3.59. The number of nitrogens with zero attached hydrogens (tertiary/aromatic N) is 2. The molecule has 182 valence electrons. The van der Waals surface area contributed by atoms with Gasteiger partial charge in [-0.25, -0.2) is 11.3 Å². The summed E-state index contributed by atoms with van der Waals surface area (Å²) in [7, 11) is 0. The third-order valence-electron chi connectivity index (χ3n) is 5.40. The summed E-state index contributed by atoms with van der Waals surface area (Å²) in [4.78, 5) is 24.2. The van der Waals surface area contributed by atoms with Crippen molar-refractivity contribution in [1.29, 1.82) is 0 Å². The van der Waals surface area contributed by atoms with Crippen LogP contribution in [0.1, 0.15) is 27.9 Å². The highest BCUT2D eigenvalue weighted by molar-refractivity contribution is 5.95. The van der Waals surface area contributed by atoms with Gasteiger partial charge in [-0.15, -0.1) is 0 Å². The molecule has 3 rings (SSSR count). The number of hydrogen-bond acceptors (Lipinski definition) is 8. The monoisotopic (exact) mass is 476 g/mol. The van der Waals surface area contributed by atoms with Gasteiger partial charge in [-0.2, -0.15) is 0 Å². The van der Waals surface area contributed by atoms with Crippen LogP contribution in [0.25, 0.3) is 10.8 Å². The van der Waals surface area contributed by atoms with Crippen LogP contribution in [0.2, 0.25) is 0 Å². The van der Waals surface area contributed by atoms with Crippen LogP contribution in [0.15, 0.2) is 83.8 Å². The molecule has 1 atom stereocenters. The number of nitrogens with one attached hydrogen (secondary N) is 2. The third-order valence-corrected chi connectivity index (χ3v) is 5.40. The number of nitrogens with two attached hydrogens (primary N) is 2. The summed E-state index contributed by atoms with van der Waals surface area (Å²) in [6.07, 6.45) is 3.06. The van der Waals surface area contributed by atoms with Crippen LogP contribution < -0.4 is 22.4 Å². The van der Waals surface area contributed by atoms with Crippen molar-refractivity contribution >= 4 is 28.8 Å². The van der Waals surface area contributed by atoms with E-state index >= 15 is 0 Å². The Balaban J connectivity index is 1.66. The maximum atomic E-state index is 12.4. The maximum absolute atomic E-state index is 12.4. The molecule has 0 saturated carbocycles. The Labute approximate surface area is 202 Å². The van der Waals surface area contributed by atoms with E-state index in [1.165, 1.54) is 17.4 Å². The zero-order valence-corrected chi connectivity index (χ0v) is 19.0. The Morgan fingerprint density at radius 2 is 1.77 bits per heavy atom. The van der Waals surface area contributed by atoms with Crippen LogP contribution in [-0.2, 0) is 11.2 Å². The first kappa shape index (κ1) is 25.2. The standard InChI is InChI=1S/C25H28N6O4/c26-22(15-28-25(33)20-9-5-17(6-10-20)14-29-34)16-31(27)23(13-24(32)30-35)12-18-7-8-19-3-1-2-4-21(19)11-18/h1-11,14,16,23,34-35H,12-13,15,26-27H2,(H,28,33)(H,30,32)/b22-16-,29-14+. The van der Waals surface area contributed by atoms with E-state index in [-0.39, 0.29) is 24.6 Å². The molecule has 0 radical (unpaired) electrons. The lowest BCUT2D eigenvalue weighted by molar-refractivity contribution is -0.130. The molecule has 3 aromatic rings. The molecule has 0 aliphatic heterocycles. The van der Waals surface area contributed by atoms with Gasteiger partial charge < -0.3 is 21.3 Å². The molecule has 0 saturated heterocycles. The normalized spacial score (nSPS) is 12.5. The van der Waals surface area contributed by atoms with E-state index in [1.807, 2.05) is 42.5 Å². The van der Waals surface area contributed by atoms with Crippen molar-refractivity contribution in [3.63, 3.8) is 0 Å². The van der Waals surface area contributed by atoms with Crippen molar-refractivity contribution in [2.75, 3.05) is 6.54 Å².